The van der Waals surface area contributed by atoms with Crippen molar-refractivity contribution in [3.05, 3.63) is 70.3 Å². The van der Waals surface area contributed by atoms with Crippen LogP contribution < -0.4 is 0 Å². The maximum Gasteiger partial charge on any atom is 0.416 e. The Labute approximate surface area is 222 Å². The largest absolute Gasteiger partial charge is 0.416 e. The Hall–Kier alpha value is -2.63. The van der Waals surface area contributed by atoms with Crippen molar-refractivity contribution in [1.29, 1.82) is 0 Å². The van der Waals surface area contributed by atoms with E-state index in [0.717, 1.165) is 11.1 Å². The molecule has 0 saturated carbocycles. The van der Waals surface area contributed by atoms with Crippen molar-refractivity contribution >= 4 is 5.91 Å². The molecule has 0 bridgehead atoms. The summed E-state index contributed by atoms with van der Waals surface area (Å²) in [5.41, 5.74) is -1.04. The van der Waals surface area contributed by atoms with Gasteiger partial charge in [0.15, 0.2) is 0 Å². The Morgan fingerprint density at radius 2 is 1.59 bits per heavy atom. The Bertz CT molecular complexity index is 1180. The summed E-state index contributed by atoms with van der Waals surface area (Å²) in [6.45, 7) is 6.01. The summed E-state index contributed by atoms with van der Waals surface area (Å²) in [5.74, 6) is -0.311. The molecule has 2 aromatic carbocycles. The van der Waals surface area contributed by atoms with Crippen molar-refractivity contribution < 1.29 is 40.6 Å². The van der Waals surface area contributed by atoms with Crippen LogP contribution in [0.25, 0.3) is 0 Å². The molecular weight excluding hydrogens is 526 g/mol. The first-order chi connectivity index (χ1) is 18.3. The van der Waals surface area contributed by atoms with Crippen molar-refractivity contribution in [3.8, 4) is 0 Å². The molecule has 2 unspecified atom stereocenters. The van der Waals surface area contributed by atoms with Crippen LogP contribution in [0.15, 0.2) is 42.5 Å². The second-order valence-corrected chi connectivity index (χ2v) is 10.5. The van der Waals surface area contributed by atoms with E-state index in [-0.39, 0.29) is 42.1 Å². The molecule has 5 rings (SSSR count). The summed E-state index contributed by atoms with van der Waals surface area (Å²) in [5, 5.41) is 0. The molecule has 212 valence electrons. The second-order valence-electron chi connectivity index (χ2n) is 10.5. The SMILES string of the molecule is Cc1ccccc1C1[C@@H](O[C@H](C)c2cc(C(F)(F)F)cc(C(F)(F)F)c2)CN2C(=O)C(N3CCOCC3)C[C@@H]12. The Morgan fingerprint density at radius 1 is 0.974 bits per heavy atom. The van der Waals surface area contributed by atoms with Gasteiger partial charge in [0.2, 0.25) is 5.91 Å². The van der Waals surface area contributed by atoms with Crippen LogP contribution in [-0.4, -0.2) is 66.7 Å². The monoisotopic (exact) mass is 556 g/mol. The minimum absolute atomic E-state index is 0.0299. The minimum Gasteiger partial charge on any atom is -0.379 e. The molecule has 39 heavy (non-hydrogen) atoms. The normalized spacial score (nSPS) is 27.2. The zero-order chi connectivity index (χ0) is 28.1. The lowest BCUT2D eigenvalue weighted by atomic mass is 9.85. The van der Waals surface area contributed by atoms with Gasteiger partial charge < -0.3 is 14.4 Å². The number of ether oxygens (including phenoxy) is 2. The number of morpholine rings is 1. The lowest BCUT2D eigenvalue weighted by Crippen LogP contribution is -2.47. The molecule has 11 heteroatoms. The molecule has 0 radical (unpaired) electrons. The Balaban J connectivity index is 1.45. The fourth-order valence-electron chi connectivity index (χ4n) is 6.18. The second kappa shape index (κ2) is 10.4. The van der Waals surface area contributed by atoms with Crippen LogP contribution >= 0.6 is 0 Å². The number of alkyl halides is 6. The molecule has 0 spiro atoms. The van der Waals surface area contributed by atoms with E-state index in [1.807, 2.05) is 31.2 Å². The summed E-state index contributed by atoms with van der Waals surface area (Å²) < 4.78 is 92.4. The Morgan fingerprint density at radius 3 is 2.18 bits per heavy atom. The van der Waals surface area contributed by atoms with Crippen molar-refractivity contribution in [2.45, 2.75) is 62.8 Å². The maximum absolute atomic E-state index is 13.5. The first-order valence-corrected chi connectivity index (χ1v) is 13.0. The number of carbonyl (C=O) groups excluding carboxylic acids is 1. The maximum atomic E-state index is 13.5. The minimum atomic E-state index is -4.95. The van der Waals surface area contributed by atoms with E-state index in [1.165, 1.54) is 6.92 Å². The third-order valence-corrected chi connectivity index (χ3v) is 8.12. The van der Waals surface area contributed by atoms with E-state index < -0.39 is 35.7 Å². The predicted octanol–water partition coefficient (Wildman–Crippen LogP) is 5.58. The van der Waals surface area contributed by atoms with Gasteiger partial charge in [-0.05, 0) is 55.2 Å². The van der Waals surface area contributed by atoms with Gasteiger partial charge in [-0.2, -0.15) is 26.3 Å². The highest BCUT2D eigenvalue weighted by Crippen LogP contribution is 2.46. The lowest BCUT2D eigenvalue weighted by molar-refractivity contribution is -0.143. The molecule has 5 nitrogen and oxygen atoms in total. The molecule has 0 aliphatic carbocycles. The van der Waals surface area contributed by atoms with Crippen molar-refractivity contribution in [2.24, 2.45) is 0 Å². The average molecular weight is 557 g/mol. The summed E-state index contributed by atoms with van der Waals surface area (Å²) in [6.07, 6.45) is -11.0. The fraction of sp³-hybridized carbons (Fsp3) is 0.536. The highest BCUT2D eigenvalue weighted by molar-refractivity contribution is 5.85. The van der Waals surface area contributed by atoms with E-state index in [9.17, 15) is 31.1 Å². The summed E-state index contributed by atoms with van der Waals surface area (Å²) in [6, 6.07) is 8.70. The highest BCUT2D eigenvalue weighted by atomic mass is 19.4. The van der Waals surface area contributed by atoms with Crippen LogP contribution in [0.5, 0.6) is 0 Å². The van der Waals surface area contributed by atoms with Crippen molar-refractivity contribution in [3.63, 3.8) is 0 Å². The van der Waals surface area contributed by atoms with Gasteiger partial charge in [0.1, 0.15) is 0 Å². The van der Waals surface area contributed by atoms with Gasteiger partial charge in [-0.25, -0.2) is 0 Å². The molecule has 3 heterocycles. The zero-order valence-electron chi connectivity index (χ0n) is 21.6. The van der Waals surface area contributed by atoms with Crippen LogP contribution in [0, 0.1) is 6.92 Å². The number of halogens is 6. The fourth-order valence-corrected chi connectivity index (χ4v) is 6.18. The summed E-state index contributed by atoms with van der Waals surface area (Å²) >= 11 is 0. The van der Waals surface area contributed by atoms with Crippen LogP contribution in [0.3, 0.4) is 0 Å². The number of benzene rings is 2. The Kier molecular flexibility index (Phi) is 7.45. The first-order valence-electron chi connectivity index (χ1n) is 13.0. The third-order valence-electron chi connectivity index (χ3n) is 8.12. The van der Waals surface area contributed by atoms with E-state index in [1.54, 1.807) is 4.90 Å². The van der Waals surface area contributed by atoms with Gasteiger partial charge in [-0.1, -0.05) is 24.3 Å². The van der Waals surface area contributed by atoms with E-state index in [2.05, 4.69) is 4.90 Å². The van der Waals surface area contributed by atoms with E-state index in [4.69, 9.17) is 9.47 Å². The van der Waals surface area contributed by atoms with Gasteiger partial charge in [-0.3, -0.25) is 9.69 Å². The van der Waals surface area contributed by atoms with Gasteiger partial charge in [0.05, 0.1) is 42.6 Å². The number of amides is 1. The number of aryl methyl sites for hydroxylation is 1. The van der Waals surface area contributed by atoms with Crippen LogP contribution in [0.4, 0.5) is 26.3 Å². The van der Waals surface area contributed by atoms with Gasteiger partial charge >= 0.3 is 12.4 Å². The summed E-state index contributed by atoms with van der Waals surface area (Å²) in [7, 11) is 0. The van der Waals surface area contributed by atoms with E-state index >= 15 is 0 Å². The van der Waals surface area contributed by atoms with Crippen LogP contribution in [0.2, 0.25) is 0 Å². The number of carbonyl (C=O) groups is 1. The molecular formula is C28H30F6N2O3. The van der Waals surface area contributed by atoms with Gasteiger partial charge in [0, 0.05) is 31.6 Å². The number of hydrogen-bond donors (Lipinski definition) is 0. The standard InChI is InChI=1S/C28H30F6N2O3/c1-16-5-3-4-6-21(16)25-22-14-23(35-7-9-38-10-8-35)26(37)36(22)15-24(25)39-17(2)18-11-19(27(29,30)31)13-20(12-18)28(32,33)34/h3-6,11-13,17,22-25H,7-10,14-15H2,1-2H3/t17-,22+,23?,24+,25?/m1/s1. The number of nitrogens with zero attached hydrogens (tertiary/aromatic N) is 2. The van der Waals surface area contributed by atoms with Gasteiger partial charge in [-0.15, -0.1) is 0 Å². The topological polar surface area (TPSA) is 42.0 Å². The molecule has 0 N–H and O–H groups in total. The highest BCUT2D eigenvalue weighted by Gasteiger charge is 2.54. The van der Waals surface area contributed by atoms with Crippen LogP contribution in [-0.2, 0) is 26.6 Å². The number of fused-ring (bicyclic) bond motifs is 1. The number of hydrogen-bond acceptors (Lipinski definition) is 4. The quantitative estimate of drug-likeness (QED) is 0.452. The molecule has 2 aromatic rings. The third kappa shape index (κ3) is 5.53. The smallest absolute Gasteiger partial charge is 0.379 e. The molecule has 5 atom stereocenters. The number of rotatable bonds is 5. The van der Waals surface area contributed by atoms with Crippen molar-refractivity contribution in [1.82, 2.24) is 9.80 Å². The zero-order valence-corrected chi connectivity index (χ0v) is 21.6. The van der Waals surface area contributed by atoms with Crippen LogP contribution in [0.1, 0.15) is 53.2 Å². The molecule has 3 saturated heterocycles. The average Bonchev–Trinajstić information content (AvgIpc) is 3.39. The molecule has 1 amide bonds. The van der Waals surface area contributed by atoms with Crippen molar-refractivity contribution in [2.75, 3.05) is 32.8 Å². The molecule has 0 aromatic heterocycles. The van der Waals surface area contributed by atoms with E-state index in [0.29, 0.717) is 44.9 Å². The van der Waals surface area contributed by atoms with Gasteiger partial charge in [0.25, 0.3) is 0 Å². The lowest BCUT2D eigenvalue weighted by Gasteiger charge is -2.32. The first kappa shape index (κ1) is 27.9. The summed E-state index contributed by atoms with van der Waals surface area (Å²) in [4.78, 5) is 17.4. The molecule has 3 aliphatic heterocycles. The molecule has 3 fully saturated rings. The molecule has 3 aliphatic rings. The predicted molar refractivity (Wildman–Crippen MR) is 130 cm³/mol.